The maximum Gasteiger partial charge on any atom is 0.308 e. The highest BCUT2D eigenvalue weighted by Gasteiger charge is 2.45. The number of hydrogen-bond donors (Lipinski definition) is 0. The van der Waals surface area contributed by atoms with Gasteiger partial charge in [0.2, 0.25) is 0 Å². The lowest BCUT2D eigenvalue weighted by atomic mass is 9.66. The van der Waals surface area contributed by atoms with Gasteiger partial charge in [-0.1, -0.05) is 23.8 Å². The molecule has 1 aliphatic carbocycles. The molecule has 2 aliphatic rings. The molecule has 1 saturated heterocycles. The van der Waals surface area contributed by atoms with Crippen molar-refractivity contribution in [1.82, 2.24) is 0 Å². The molecule has 0 N–H and O–H groups in total. The average Bonchev–Trinajstić information content (AvgIpc) is 2.58. The number of allylic oxidation sites excluding steroid dienone is 1. The molecular weight excluding hydrogens is 320 g/mol. The molecule has 1 heterocycles. The van der Waals surface area contributed by atoms with Gasteiger partial charge in [-0.25, -0.2) is 0 Å². The van der Waals surface area contributed by atoms with Crippen LogP contribution in [0.2, 0.25) is 0 Å². The molecule has 1 aromatic rings. The molecule has 5 heteroatoms. The van der Waals surface area contributed by atoms with Crippen LogP contribution in [0.3, 0.4) is 0 Å². The minimum Gasteiger partial charge on any atom is -0.465 e. The van der Waals surface area contributed by atoms with Crippen LogP contribution in [-0.4, -0.2) is 25.2 Å². The van der Waals surface area contributed by atoms with Gasteiger partial charge >= 0.3 is 11.9 Å². The molecule has 1 fully saturated rings. The van der Waals surface area contributed by atoms with Crippen molar-refractivity contribution in [1.29, 1.82) is 0 Å². The second kappa shape index (κ2) is 7.00. The fourth-order valence-corrected chi connectivity index (χ4v) is 3.72. The summed E-state index contributed by atoms with van der Waals surface area (Å²) in [6, 6.07) is 7.49. The minimum absolute atomic E-state index is 0.0339. The Morgan fingerprint density at radius 1 is 1.20 bits per heavy atom. The molecule has 3 atom stereocenters. The van der Waals surface area contributed by atoms with E-state index < -0.39 is 0 Å². The molecule has 0 unspecified atom stereocenters. The van der Waals surface area contributed by atoms with Crippen LogP contribution in [0.4, 0.5) is 0 Å². The highest BCUT2D eigenvalue weighted by atomic mass is 16.5. The largest absolute Gasteiger partial charge is 0.465 e. The van der Waals surface area contributed by atoms with Crippen molar-refractivity contribution in [2.45, 2.75) is 39.7 Å². The van der Waals surface area contributed by atoms with Gasteiger partial charge in [-0.2, -0.15) is 0 Å². The number of hydrogen-bond acceptors (Lipinski definition) is 5. The zero-order valence-electron chi connectivity index (χ0n) is 14.9. The molecule has 25 heavy (non-hydrogen) atoms. The molecule has 3 rings (SSSR count). The second-order valence-electron chi connectivity index (χ2n) is 7.14. The number of rotatable bonds is 4. The SMILES string of the molecule is CC(=O)OC[C@]12CC=C(C)[C@@H](C1)[C@H](c1ccc(OC(C)=O)cc1)OC2. The summed E-state index contributed by atoms with van der Waals surface area (Å²) in [5, 5.41) is 0. The third-order valence-corrected chi connectivity index (χ3v) is 5.08. The number of carbonyl (C=O) groups is 2. The molecule has 0 aromatic heterocycles. The topological polar surface area (TPSA) is 61.8 Å². The Bertz CT molecular complexity index is 691. The van der Waals surface area contributed by atoms with Crippen LogP contribution >= 0.6 is 0 Å². The van der Waals surface area contributed by atoms with Crippen LogP contribution in [0.1, 0.15) is 45.3 Å². The third-order valence-electron chi connectivity index (χ3n) is 5.08. The summed E-state index contributed by atoms with van der Waals surface area (Å²) in [5.41, 5.74) is 2.26. The van der Waals surface area contributed by atoms with Gasteiger partial charge in [0.1, 0.15) is 5.75 Å². The Labute approximate surface area is 148 Å². The molecule has 1 aromatic carbocycles. The first-order valence-corrected chi connectivity index (χ1v) is 8.59. The first-order chi connectivity index (χ1) is 11.9. The molecular formula is C20H24O5. The van der Waals surface area contributed by atoms with E-state index in [0.717, 1.165) is 18.4 Å². The predicted molar refractivity (Wildman–Crippen MR) is 92.0 cm³/mol. The average molecular weight is 344 g/mol. The van der Waals surface area contributed by atoms with Crippen molar-refractivity contribution in [3.05, 3.63) is 41.5 Å². The van der Waals surface area contributed by atoms with Crippen LogP contribution in [-0.2, 0) is 19.1 Å². The molecule has 0 saturated carbocycles. The summed E-state index contributed by atoms with van der Waals surface area (Å²) in [4.78, 5) is 22.2. The number of carbonyl (C=O) groups excluding carboxylic acids is 2. The van der Waals surface area contributed by atoms with Crippen LogP contribution in [0.15, 0.2) is 35.9 Å². The Morgan fingerprint density at radius 2 is 1.92 bits per heavy atom. The summed E-state index contributed by atoms with van der Waals surface area (Å²) >= 11 is 0. The Hall–Kier alpha value is -2.14. The molecule has 0 amide bonds. The van der Waals surface area contributed by atoms with E-state index in [-0.39, 0.29) is 29.4 Å². The van der Waals surface area contributed by atoms with Gasteiger partial charge < -0.3 is 14.2 Å². The number of ether oxygens (including phenoxy) is 3. The zero-order valence-corrected chi connectivity index (χ0v) is 14.9. The molecule has 134 valence electrons. The van der Waals surface area contributed by atoms with Crippen molar-refractivity contribution in [3.8, 4) is 5.75 Å². The highest BCUT2D eigenvalue weighted by molar-refractivity contribution is 5.69. The Morgan fingerprint density at radius 3 is 2.56 bits per heavy atom. The standard InChI is InChI=1S/C20H24O5/c1-13-8-9-20(11-23-14(2)21)10-18(13)19(24-12-20)16-4-6-17(7-5-16)25-15(3)22/h4-8,18-19H,9-12H2,1-3H3/t18-,19+,20+/m1/s1. The lowest BCUT2D eigenvalue weighted by Gasteiger charge is -2.47. The van der Waals surface area contributed by atoms with E-state index in [2.05, 4.69) is 13.0 Å². The second-order valence-corrected chi connectivity index (χ2v) is 7.14. The van der Waals surface area contributed by atoms with E-state index >= 15 is 0 Å². The summed E-state index contributed by atoms with van der Waals surface area (Å²) in [7, 11) is 0. The number of fused-ring (bicyclic) bond motifs is 2. The zero-order chi connectivity index (χ0) is 18.0. The van der Waals surface area contributed by atoms with Gasteiger partial charge in [0.15, 0.2) is 0 Å². The van der Waals surface area contributed by atoms with Crippen LogP contribution in [0, 0.1) is 11.3 Å². The van der Waals surface area contributed by atoms with Crippen molar-refractivity contribution in [3.63, 3.8) is 0 Å². The summed E-state index contributed by atoms with van der Waals surface area (Å²) < 4.78 is 16.6. The molecule has 2 bridgehead atoms. The maximum atomic E-state index is 11.2. The van der Waals surface area contributed by atoms with Crippen molar-refractivity contribution < 1.29 is 23.8 Å². The van der Waals surface area contributed by atoms with Crippen LogP contribution < -0.4 is 4.74 Å². The smallest absolute Gasteiger partial charge is 0.308 e. The fraction of sp³-hybridized carbons (Fsp3) is 0.500. The van der Waals surface area contributed by atoms with Gasteiger partial charge in [-0.3, -0.25) is 9.59 Å². The van der Waals surface area contributed by atoms with Gasteiger partial charge in [-0.15, -0.1) is 0 Å². The van der Waals surface area contributed by atoms with Crippen molar-refractivity contribution in [2.24, 2.45) is 11.3 Å². The molecule has 0 spiro atoms. The van der Waals surface area contributed by atoms with Crippen LogP contribution in [0.5, 0.6) is 5.75 Å². The highest BCUT2D eigenvalue weighted by Crippen LogP contribution is 2.50. The monoisotopic (exact) mass is 344 g/mol. The third kappa shape index (κ3) is 3.93. The lowest BCUT2D eigenvalue weighted by Crippen LogP contribution is -2.44. The maximum absolute atomic E-state index is 11.2. The summed E-state index contributed by atoms with van der Waals surface area (Å²) in [6.07, 6.45) is 4.04. The fourth-order valence-electron chi connectivity index (χ4n) is 3.72. The van der Waals surface area contributed by atoms with Crippen LogP contribution in [0.25, 0.3) is 0 Å². The summed E-state index contributed by atoms with van der Waals surface area (Å²) in [6.45, 7) is 5.93. The molecule has 0 radical (unpaired) electrons. The van der Waals surface area contributed by atoms with Crippen molar-refractivity contribution >= 4 is 11.9 Å². The minimum atomic E-state index is -0.331. The van der Waals surface area contributed by atoms with E-state index in [4.69, 9.17) is 14.2 Å². The first kappa shape index (κ1) is 17.7. The van der Waals surface area contributed by atoms with Gasteiger partial charge in [0.05, 0.1) is 19.3 Å². The van der Waals surface area contributed by atoms with Gasteiger partial charge in [0.25, 0.3) is 0 Å². The normalized spacial score (nSPS) is 28.0. The van der Waals surface area contributed by atoms with Gasteiger partial charge in [-0.05, 0) is 37.5 Å². The number of benzene rings is 1. The Balaban J connectivity index is 1.76. The van der Waals surface area contributed by atoms with Gasteiger partial charge in [0, 0.05) is 25.2 Å². The van der Waals surface area contributed by atoms with Crippen molar-refractivity contribution in [2.75, 3.05) is 13.2 Å². The van der Waals surface area contributed by atoms with E-state index in [9.17, 15) is 9.59 Å². The van der Waals surface area contributed by atoms with E-state index in [1.807, 2.05) is 12.1 Å². The van der Waals surface area contributed by atoms with E-state index in [0.29, 0.717) is 19.0 Å². The lowest BCUT2D eigenvalue weighted by molar-refractivity contribution is -0.156. The Kier molecular flexibility index (Phi) is 4.95. The molecule has 1 aliphatic heterocycles. The predicted octanol–water partition coefficient (Wildman–Crippen LogP) is 3.59. The molecule has 5 nitrogen and oxygen atoms in total. The van der Waals surface area contributed by atoms with E-state index in [1.54, 1.807) is 12.1 Å². The quantitative estimate of drug-likeness (QED) is 0.474. The number of esters is 2. The van der Waals surface area contributed by atoms with E-state index in [1.165, 1.54) is 19.4 Å². The summed E-state index contributed by atoms with van der Waals surface area (Å²) in [5.74, 6) is 0.216. The first-order valence-electron chi connectivity index (χ1n) is 8.59.